The van der Waals surface area contributed by atoms with Crippen molar-refractivity contribution >= 4 is 30.9 Å². The van der Waals surface area contributed by atoms with Crippen molar-refractivity contribution in [2.45, 2.75) is 25.6 Å². The van der Waals surface area contributed by atoms with Crippen LogP contribution in [-0.4, -0.2) is 32.9 Å². The molecule has 0 fully saturated rings. The number of aromatic nitrogens is 2. The summed E-state index contributed by atoms with van der Waals surface area (Å²) in [6.07, 6.45) is 0.258. The van der Waals surface area contributed by atoms with Crippen LogP contribution in [0.4, 0.5) is 29.1 Å². The van der Waals surface area contributed by atoms with Crippen LogP contribution in [0.15, 0.2) is 66.7 Å². The van der Waals surface area contributed by atoms with Gasteiger partial charge in [-0.2, -0.15) is 13.5 Å². The van der Waals surface area contributed by atoms with Crippen LogP contribution in [-0.2, 0) is 24.3 Å². The number of benzene rings is 3. The van der Waals surface area contributed by atoms with Gasteiger partial charge in [-0.05, 0) is 60.5 Å². The molecule has 0 radical (unpaired) electrons. The number of nitrogens with zero attached hydrogens (tertiary/aromatic N) is 3. The van der Waals surface area contributed by atoms with E-state index in [1.54, 1.807) is 29.2 Å². The Hall–Kier alpha value is -3.83. The first-order valence-electron chi connectivity index (χ1n) is 11.6. The Balaban J connectivity index is 0.00000336. The molecule has 2 heterocycles. The molecule has 1 aliphatic heterocycles. The molecule has 198 valence electrons. The molecule has 0 spiro atoms. The van der Waals surface area contributed by atoms with E-state index >= 15 is 0 Å². The molecule has 1 aliphatic rings. The van der Waals surface area contributed by atoms with Gasteiger partial charge in [-0.3, -0.25) is 4.79 Å². The fraction of sp³-hybridized carbons (Fsp3) is 0.185. The Labute approximate surface area is 223 Å². The van der Waals surface area contributed by atoms with E-state index in [9.17, 15) is 22.4 Å². The normalized spacial score (nSPS) is 13.4. The third-order valence-electron chi connectivity index (χ3n) is 6.27. The summed E-state index contributed by atoms with van der Waals surface area (Å²) in [5.74, 6) is -1.94. The fourth-order valence-corrected chi connectivity index (χ4v) is 4.36. The smallest absolute Gasteiger partial charge is 0.240 e. The maximum absolute atomic E-state index is 13.9. The zero-order valence-corrected chi connectivity index (χ0v) is 21.1. The number of rotatable bonds is 6. The number of nitrogens with one attached hydrogen (secondary N) is 1. The molecule has 6 nitrogen and oxygen atoms in total. The third-order valence-corrected chi connectivity index (χ3v) is 6.27. The number of fused-ring (bicyclic) bond motifs is 1. The second-order valence-corrected chi connectivity index (χ2v) is 8.83. The first kappa shape index (κ1) is 27.2. The molecular formula is C27H25F4N5OS. The Bertz CT molecular complexity index is 1440. The van der Waals surface area contributed by atoms with Gasteiger partial charge < -0.3 is 20.5 Å². The van der Waals surface area contributed by atoms with Gasteiger partial charge in [0, 0.05) is 30.4 Å². The molecule has 11 heteroatoms. The number of halogens is 4. The fourth-order valence-electron chi connectivity index (χ4n) is 4.36. The highest BCUT2D eigenvalue weighted by molar-refractivity contribution is 7.59. The summed E-state index contributed by atoms with van der Waals surface area (Å²) in [6, 6.07) is 14.2. The Morgan fingerprint density at radius 2 is 1.58 bits per heavy atom. The average molecular weight is 544 g/mol. The van der Waals surface area contributed by atoms with Crippen molar-refractivity contribution in [2.75, 3.05) is 11.9 Å². The molecule has 38 heavy (non-hydrogen) atoms. The summed E-state index contributed by atoms with van der Waals surface area (Å²) >= 11 is 0. The number of anilines is 2. The molecule has 3 N–H and O–H groups in total. The van der Waals surface area contributed by atoms with Crippen LogP contribution < -0.4 is 11.1 Å². The van der Waals surface area contributed by atoms with E-state index in [-0.39, 0.29) is 38.2 Å². The Kier molecular flexibility index (Phi) is 8.08. The highest BCUT2D eigenvalue weighted by atomic mass is 32.1. The van der Waals surface area contributed by atoms with Crippen LogP contribution in [0.3, 0.4) is 0 Å². The molecule has 1 aromatic heterocycles. The lowest BCUT2D eigenvalue weighted by Gasteiger charge is -2.30. The first-order valence-corrected chi connectivity index (χ1v) is 11.6. The molecule has 4 aromatic rings. The van der Waals surface area contributed by atoms with E-state index in [0.717, 1.165) is 17.7 Å². The lowest BCUT2D eigenvalue weighted by atomic mass is 10.1. The summed E-state index contributed by atoms with van der Waals surface area (Å²) in [6.45, 7) is 0.878. The number of hydrogen-bond acceptors (Lipinski definition) is 4. The van der Waals surface area contributed by atoms with E-state index in [1.165, 1.54) is 30.3 Å². The van der Waals surface area contributed by atoms with Crippen molar-refractivity contribution in [3.63, 3.8) is 0 Å². The van der Waals surface area contributed by atoms with Gasteiger partial charge in [0.2, 0.25) is 5.91 Å². The summed E-state index contributed by atoms with van der Waals surface area (Å²) in [5, 5.41) is 3.11. The van der Waals surface area contributed by atoms with Crippen LogP contribution in [0.1, 0.15) is 11.4 Å². The monoisotopic (exact) mass is 543 g/mol. The minimum Gasteiger partial charge on any atom is -0.340 e. The minimum absolute atomic E-state index is 0. The number of imidazole rings is 1. The maximum Gasteiger partial charge on any atom is 0.240 e. The third kappa shape index (κ3) is 5.68. The largest absolute Gasteiger partial charge is 0.340 e. The molecule has 1 atom stereocenters. The quantitative estimate of drug-likeness (QED) is 0.340. The molecule has 1 amide bonds. The maximum atomic E-state index is 13.9. The van der Waals surface area contributed by atoms with Gasteiger partial charge in [-0.25, -0.2) is 22.5 Å². The summed E-state index contributed by atoms with van der Waals surface area (Å²) in [5.41, 5.74) is 8.33. The molecule has 5 rings (SSSR count). The average Bonchev–Trinajstić information content (AvgIpc) is 3.25. The van der Waals surface area contributed by atoms with Crippen molar-refractivity contribution in [3.05, 3.63) is 101 Å². The zero-order valence-electron chi connectivity index (χ0n) is 20.1. The topological polar surface area (TPSA) is 76.2 Å². The van der Waals surface area contributed by atoms with Crippen LogP contribution in [0.2, 0.25) is 0 Å². The van der Waals surface area contributed by atoms with E-state index in [1.807, 2.05) is 4.57 Å². The second kappa shape index (κ2) is 11.3. The molecule has 0 saturated heterocycles. The SMILES string of the molecule is N[C@@H](Cc1ccc(F)cc1)C(=O)N1CCn2c(nc(-c3ccc(F)cc3)c2Nc2ccc(F)c(F)c2)C1.S. The van der Waals surface area contributed by atoms with Gasteiger partial charge in [0.15, 0.2) is 11.6 Å². The predicted octanol–water partition coefficient (Wildman–Crippen LogP) is 4.88. The van der Waals surface area contributed by atoms with Gasteiger partial charge in [-0.1, -0.05) is 12.1 Å². The van der Waals surface area contributed by atoms with Gasteiger partial charge in [0.25, 0.3) is 0 Å². The van der Waals surface area contributed by atoms with Gasteiger partial charge in [0.1, 0.15) is 29.0 Å². The predicted molar refractivity (Wildman–Crippen MR) is 141 cm³/mol. The van der Waals surface area contributed by atoms with Crippen LogP contribution in [0.25, 0.3) is 11.3 Å². The zero-order chi connectivity index (χ0) is 26.1. The molecule has 0 bridgehead atoms. The lowest BCUT2D eigenvalue weighted by Crippen LogP contribution is -2.47. The van der Waals surface area contributed by atoms with E-state index in [2.05, 4.69) is 5.32 Å². The number of hydrogen-bond donors (Lipinski definition) is 2. The Morgan fingerprint density at radius 3 is 2.24 bits per heavy atom. The Morgan fingerprint density at radius 1 is 0.921 bits per heavy atom. The van der Waals surface area contributed by atoms with Crippen molar-refractivity contribution in [3.8, 4) is 11.3 Å². The van der Waals surface area contributed by atoms with Gasteiger partial charge in [-0.15, -0.1) is 0 Å². The molecule has 3 aromatic carbocycles. The number of carbonyl (C=O) groups is 1. The molecular weight excluding hydrogens is 518 g/mol. The molecule has 0 saturated carbocycles. The standard InChI is InChI=1S/C27H23F4N5O.H2S/c28-18-5-1-16(2-6-18)13-23(32)27(37)35-11-12-36-24(15-35)34-25(17-3-7-19(29)8-4-17)26(36)33-20-9-10-21(30)22(31)14-20;/h1-10,14,23,33H,11-13,15,32H2;1H2/t23-;/m0./s1. The minimum atomic E-state index is -1.00. The first-order chi connectivity index (χ1) is 17.8. The summed E-state index contributed by atoms with van der Waals surface area (Å²) in [7, 11) is 0. The van der Waals surface area contributed by atoms with Crippen LogP contribution in [0, 0.1) is 23.3 Å². The molecule has 0 aliphatic carbocycles. The van der Waals surface area contributed by atoms with Crippen LogP contribution >= 0.6 is 13.5 Å². The second-order valence-electron chi connectivity index (χ2n) is 8.83. The van der Waals surface area contributed by atoms with Crippen molar-refractivity contribution < 1.29 is 22.4 Å². The van der Waals surface area contributed by atoms with Gasteiger partial charge in [0.05, 0.1) is 12.6 Å². The number of amides is 1. The van der Waals surface area contributed by atoms with Gasteiger partial charge >= 0.3 is 0 Å². The summed E-state index contributed by atoms with van der Waals surface area (Å²) in [4.78, 5) is 19.4. The van der Waals surface area contributed by atoms with Crippen molar-refractivity contribution in [1.29, 1.82) is 0 Å². The number of carbonyl (C=O) groups excluding carboxylic acids is 1. The van der Waals surface area contributed by atoms with E-state index in [0.29, 0.717) is 41.7 Å². The van der Waals surface area contributed by atoms with Crippen molar-refractivity contribution in [2.24, 2.45) is 5.73 Å². The van der Waals surface area contributed by atoms with Crippen molar-refractivity contribution in [1.82, 2.24) is 14.5 Å². The van der Waals surface area contributed by atoms with Crippen LogP contribution in [0.5, 0.6) is 0 Å². The van der Waals surface area contributed by atoms with E-state index < -0.39 is 23.5 Å². The lowest BCUT2D eigenvalue weighted by molar-refractivity contribution is -0.134. The highest BCUT2D eigenvalue weighted by Gasteiger charge is 2.29. The van der Waals surface area contributed by atoms with E-state index in [4.69, 9.17) is 10.7 Å². The highest BCUT2D eigenvalue weighted by Crippen LogP contribution is 2.33. The number of nitrogens with two attached hydrogens (primary N) is 1. The summed E-state index contributed by atoms with van der Waals surface area (Å²) < 4.78 is 55.9. The molecule has 0 unspecified atom stereocenters.